The fourth-order valence-corrected chi connectivity index (χ4v) is 3.39. The maximum atomic E-state index is 12.8. The number of dihydropyridines is 1. The minimum Gasteiger partial charge on any atom is -0.466 e. The van der Waals surface area contributed by atoms with Gasteiger partial charge in [0, 0.05) is 5.70 Å². The van der Waals surface area contributed by atoms with Gasteiger partial charge in [-0.05, 0) is 32.4 Å². The Hall–Kier alpha value is -2.02. The summed E-state index contributed by atoms with van der Waals surface area (Å²) in [5.74, 6) is -2.21. The Morgan fingerprint density at radius 3 is 2.44 bits per heavy atom. The Morgan fingerprint density at radius 2 is 1.89 bits per heavy atom. The van der Waals surface area contributed by atoms with Crippen molar-refractivity contribution in [3.63, 3.8) is 0 Å². The monoisotopic (exact) mass is 413 g/mol. The van der Waals surface area contributed by atoms with Crippen molar-refractivity contribution < 1.29 is 24.2 Å². The van der Waals surface area contributed by atoms with E-state index in [-0.39, 0.29) is 26.9 Å². The third-order valence-corrected chi connectivity index (χ3v) is 4.90. The molecule has 0 aromatic heterocycles. The van der Waals surface area contributed by atoms with Crippen molar-refractivity contribution >= 4 is 35.1 Å². The van der Waals surface area contributed by atoms with Crippen LogP contribution in [-0.2, 0) is 19.1 Å². The summed E-state index contributed by atoms with van der Waals surface area (Å²) in [5, 5.41) is 13.2. The standard InChI is InChI=1S/C19H21Cl2NO5/c1-9(2)27-19(25)16-13(8-23)22-10(3)14(18(24)26-4)15(16)11-6-5-7-12(20)17(11)21/h5-7,9,15,22-23H,8H2,1-4H3. The second kappa shape index (κ2) is 8.78. The van der Waals surface area contributed by atoms with Crippen molar-refractivity contribution in [3.05, 3.63) is 56.3 Å². The molecule has 0 fully saturated rings. The molecule has 0 saturated carbocycles. The predicted molar refractivity (Wildman–Crippen MR) is 102 cm³/mol. The number of nitrogens with one attached hydrogen (secondary N) is 1. The lowest BCUT2D eigenvalue weighted by Gasteiger charge is -2.31. The van der Waals surface area contributed by atoms with E-state index in [0.717, 1.165) is 0 Å². The Bertz CT molecular complexity index is 829. The van der Waals surface area contributed by atoms with Crippen LogP contribution in [0.5, 0.6) is 0 Å². The van der Waals surface area contributed by atoms with E-state index in [9.17, 15) is 14.7 Å². The zero-order valence-corrected chi connectivity index (χ0v) is 16.9. The van der Waals surface area contributed by atoms with Crippen molar-refractivity contribution in [1.82, 2.24) is 5.32 Å². The zero-order chi connectivity index (χ0) is 20.3. The molecule has 27 heavy (non-hydrogen) atoms. The van der Waals surface area contributed by atoms with Gasteiger partial charge >= 0.3 is 11.9 Å². The average Bonchev–Trinajstić information content (AvgIpc) is 2.61. The molecule has 1 unspecified atom stereocenters. The molecule has 2 rings (SSSR count). The molecule has 0 amide bonds. The Balaban J connectivity index is 2.77. The molecule has 0 saturated heterocycles. The molecule has 146 valence electrons. The highest BCUT2D eigenvalue weighted by molar-refractivity contribution is 6.42. The van der Waals surface area contributed by atoms with Crippen molar-refractivity contribution in [2.24, 2.45) is 0 Å². The van der Waals surface area contributed by atoms with Crippen LogP contribution in [0.15, 0.2) is 40.7 Å². The van der Waals surface area contributed by atoms with E-state index in [1.54, 1.807) is 39.0 Å². The summed E-state index contributed by atoms with van der Waals surface area (Å²) in [6.07, 6.45) is -0.394. The number of hydrogen-bond donors (Lipinski definition) is 2. The van der Waals surface area contributed by atoms with Crippen molar-refractivity contribution in [1.29, 1.82) is 0 Å². The Morgan fingerprint density at radius 1 is 1.22 bits per heavy atom. The van der Waals surface area contributed by atoms with Gasteiger partial charge in [0.15, 0.2) is 0 Å². The van der Waals surface area contributed by atoms with E-state index in [4.69, 9.17) is 32.7 Å². The molecule has 1 heterocycles. The molecule has 1 aromatic carbocycles. The number of aliphatic hydroxyl groups excluding tert-OH is 1. The number of ether oxygens (including phenoxy) is 2. The van der Waals surface area contributed by atoms with Crippen LogP contribution < -0.4 is 5.32 Å². The molecule has 1 aliphatic heterocycles. The Kier molecular flexibility index (Phi) is 6.92. The summed E-state index contributed by atoms with van der Waals surface area (Å²) in [4.78, 5) is 25.3. The number of rotatable bonds is 5. The van der Waals surface area contributed by atoms with E-state index in [1.165, 1.54) is 7.11 Å². The molecular weight excluding hydrogens is 393 g/mol. The van der Waals surface area contributed by atoms with Crippen LogP contribution in [0.2, 0.25) is 10.0 Å². The van der Waals surface area contributed by atoms with Crippen molar-refractivity contribution in [3.8, 4) is 0 Å². The van der Waals surface area contributed by atoms with Crippen molar-refractivity contribution in [2.75, 3.05) is 13.7 Å². The van der Waals surface area contributed by atoms with Gasteiger partial charge < -0.3 is 19.9 Å². The lowest BCUT2D eigenvalue weighted by molar-refractivity contribution is -0.143. The number of halogens is 2. The summed E-state index contributed by atoms with van der Waals surface area (Å²) in [7, 11) is 1.25. The summed E-state index contributed by atoms with van der Waals surface area (Å²) in [5.41, 5.74) is 1.38. The number of methoxy groups -OCH3 is 1. The summed E-state index contributed by atoms with van der Waals surface area (Å²) in [6, 6.07) is 4.93. The van der Waals surface area contributed by atoms with E-state index in [1.807, 2.05) is 0 Å². The third kappa shape index (κ3) is 4.29. The van der Waals surface area contributed by atoms with Crippen LogP contribution >= 0.6 is 23.2 Å². The number of hydrogen-bond acceptors (Lipinski definition) is 6. The molecule has 0 radical (unpaired) electrons. The fraction of sp³-hybridized carbons (Fsp3) is 0.368. The van der Waals surface area contributed by atoms with Crippen LogP contribution in [0.1, 0.15) is 32.3 Å². The first kappa shape index (κ1) is 21.3. The fourth-order valence-electron chi connectivity index (χ4n) is 2.97. The van der Waals surface area contributed by atoms with Crippen LogP contribution in [0.25, 0.3) is 0 Å². The van der Waals surface area contributed by atoms with Gasteiger partial charge in [-0.15, -0.1) is 0 Å². The molecule has 8 heteroatoms. The number of aliphatic hydroxyl groups is 1. The van der Waals surface area contributed by atoms with Gasteiger partial charge in [-0.25, -0.2) is 9.59 Å². The SMILES string of the molecule is COC(=O)C1=C(C)NC(CO)=C(C(=O)OC(C)C)C1c1cccc(Cl)c1Cl. The number of carbonyl (C=O) groups excluding carboxylic acids is 2. The highest BCUT2D eigenvalue weighted by atomic mass is 35.5. The lowest BCUT2D eigenvalue weighted by atomic mass is 9.80. The van der Waals surface area contributed by atoms with Crippen LogP contribution in [0.4, 0.5) is 0 Å². The predicted octanol–water partition coefficient (Wildman–Crippen LogP) is 3.33. The summed E-state index contributed by atoms with van der Waals surface area (Å²) in [6.45, 7) is 4.61. The summed E-state index contributed by atoms with van der Waals surface area (Å²) >= 11 is 12.5. The third-order valence-electron chi connectivity index (χ3n) is 4.06. The first-order valence-electron chi connectivity index (χ1n) is 8.27. The first-order chi connectivity index (χ1) is 12.7. The highest BCUT2D eigenvalue weighted by Crippen LogP contribution is 2.43. The average molecular weight is 414 g/mol. The van der Waals surface area contributed by atoms with Gasteiger partial charge in [0.05, 0.1) is 52.6 Å². The Labute approximate surface area is 167 Å². The van der Waals surface area contributed by atoms with Gasteiger partial charge in [0.25, 0.3) is 0 Å². The lowest BCUT2D eigenvalue weighted by Crippen LogP contribution is -2.35. The van der Waals surface area contributed by atoms with Gasteiger partial charge in [0.2, 0.25) is 0 Å². The molecule has 1 atom stereocenters. The molecule has 2 N–H and O–H groups in total. The molecule has 1 aromatic rings. The zero-order valence-electron chi connectivity index (χ0n) is 15.4. The van der Waals surface area contributed by atoms with Crippen LogP contribution in [0, 0.1) is 0 Å². The highest BCUT2D eigenvalue weighted by Gasteiger charge is 2.40. The minimum atomic E-state index is -0.904. The normalized spacial score (nSPS) is 17.1. The molecule has 6 nitrogen and oxygen atoms in total. The van der Waals surface area contributed by atoms with E-state index >= 15 is 0 Å². The number of benzene rings is 1. The van der Waals surface area contributed by atoms with Gasteiger partial charge in [-0.1, -0.05) is 35.3 Å². The number of allylic oxidation sites excluding steroid dienone is 1. The van der Waals surface area contributed by atoms with E-state index in [2.05, 4.69) is 5.32 Å². The van der Waals surface area contributed by atoms with Gasteiger partial charge in [-0.3, -0.25) is 0 Å². The van der Waals surface area contributed by atoms with E-state index in [0.29, 0.717) is 11.3 Å². The molecular formula is C19H21Cl2NO5. The molecule has 0 spiro atoms. The van der Waals surface area contributed by atoms with Gasteiger partial charge in [-0.2, -0.15) is 0 Å². The maximum absolute atomic E-state index is 12.8. The molecule has 0 bridgehead atoms. The maximum Gasteiger partial charge on any atom is 0.337 e. The smallest absolute Gasteiger partial charge is 0.337 e. The van der Waals surface area contributed by atoms with Crippen LogP contribution in [0.3, 0.4) is 0 Å². The minimum absolute atomic E-state index is 0.0846. The summed E-state index contributed by atoms with van der Waals surface area (Å²) < 4.78 is 10.3. The second-order valence-corrected chi connectivity index (χ2v) is 7.02. The first-order valence-corrected chi connectivity index (χ1v) is 9.03. The molecule has 1 aliphatic rings. The molecule has 0 aliphatic carbocycles. The van der Waals surface area contributed by atoms with Gasteiger partial charge in [0.1, 0.15) is 0 Å². The quantitative estimate of drug-likeness (QED) is 0.720. The van der Waals surface area contributed by atoms with Crippen LogP contribution in [-0.4, -0.2) is 36.9 Å². The number of carbonyl (C=O) groups is 2. The van der Waals surface area contributed by atoms with E-state index < -0.39 is 30.6 Å². The topological polar surface area (TPSA) is 84.9 Å². The number of esters is 2. The second-order valence-electron chi connectivity index (χ2n) is 6.24. The largest absolute Gasteiger partial charge is 0.466 e. The van der Waals surface area contributed by atoms with Crippen molar-refractivity contribution in [2.45, 2.75) is 32.8 Å².